The summed E-state index contributed by atoms with van der Waals surface area (Å²) in [5, 5.41) is 0. The lowest BCUT2D eigenvalue weighted by atomic mass is 9.81. The van der Waals surface area contributed by atoms with Gasteiger partial charge in [-0.2, -0.15) is 0 Å². The average Bonchev–Trinajstić information content (AvgIpc) is 2.48. The molecular weight excluding hydrogens is 238 g/mol. The molecule has 3 heteroatoms. The monoisotopic (exact) mass is 261 g/mol. The van der Waals surface area contributed by atoms with Gasteiger partial charge in [0.15, 0.2) is 0 Å². The van der Waals surface area contributed by atoms with Crippen molar-refractivity contribution in [1.82, 2.24) is 0 Å². The zero-order valence-corrected chi connectivity index (χ0v) is 11.9. The second kappa shape index (κ2) is 6.83. The Labute approximate surface area is 115 Å². The van der Waals surface area contributed by atoms with E-state index in [1.807, 2.05) is 30.3 Å². The molecule has 0 unspecified atom stereocenters. The van der Waals surface area contributed by atoms with Gasteiger partial charge in [0.2, 0.25) is 0 Å². The fraction of sp³-hybridized carbons (Fsp3) is 0.562. The van der Waals surface area contributed by atoms with Crippen molar-refractivity contribution >= 4 is 11.4 Å². The predicted molar refractivity (Wildman–Crippen MR) is 78.2 cm³/mol. The van der Waals surface area contributed by atoms with Gasteiger partial charge in [-0.3, -0.25) is 4.99 Å². The number of para-hydroxylation sites is 1. The lowest BCUT2D eigenvalue weighted by Gasteiger charge is -2.37. The number of nitrogens with zero attached hydrogens (tertiary/aromatic N) is 1. The van der Waals surface area contributed by atoms with E-state index in [1.165, 1.54) is 19.3 Å². The lowest BCUT2D eigenvalue weighted by molar-refractivity contribution is 0.0140. The van der Waals surface area contributed by atoms with Crippen LogP contribution in [0.1, 0.15) is 32.1 Å². The van der Waals surface area contributed by atoms with Gasteiger partial charge in [-0.25, -0.2) is 0 Å². The zero-order chi connectivity index (χ0) is 13.6. The first-order chi connectivity index (χ1) is 9.30. The molecule has 0 amide bonds. The molecule has 0 radical (unpaired) electrons. The first-order valence-corrected chi connectivity index (χ1v) is 6.98. The van der Waals surface area contributed by atoms with Gasteiger partial charge in [0.25, 0.3) is 0 Å². The van der Waals surface area contributed by atoms with Crippen molar-refractivity contribution in [2.45, 2.75) is 37.7 Å². The molecule has 1 fully saturated rings. The summed E-state index contributed by atoms with van der Waals surface area (Å²) < 4.78 is 11.2. The van der Waals surface area contributed by atoms with Crippen molar-refractivity contribution in [1.29, 1.82) is 0 Å². The van der Waals surface area contributed by atoms with Crippen LogP contribution in [0.5, 0.6) is 0 Å². The molecule has 0 aliphatic heterocycles. The molecule has 0 N–H and O–H groups in total. The highest BCUT2D eigenvalue weighted by atomic mass is 16.5. The van der Waals surface area contributed by atoms with Crippen LogP contribution in [0.4, 0.5) is 5.69 Å². The van der Waals surface area contributed by atoms with Crippen molar-refractivity contribution in [2.75, 3.05) is 20.8 Å². The van der Waals surface area contributed by atoms with Crippen LogP contribution in [0.25, 0.3) is 0 Å². The SMILES string of the molecule is COCC(=Nc1ccccc1)C1(OC)CCCCC1. The Morgan fingerprint density at radius 2 is 1.79 bits per heavy atom. The summed E-state index contributed by atoms with van der Waals surface area (Å²) in [5.41, 5.74) is 1.75. The third-order valence-corrected chi connectivity index (χ3v) is 3.88. The topological polar surface area (TPSA) is 30.8 Å². The minimum absolute atomic E-state index is 0.232. The van der Waals surface area contributed by atoms with Gasteiger partial charge in [-0.15, -0.1) is 0 Å². The summed E-state index contributed by atoms with van der Waals surface area (Å²) in [5.74, 6) is 0. The summed E-state index contributed by atoms with van der Waals surface area (Å²) in [6.07, 6.45) is 5.77. The van der Waals surface area contributed by atoms with E-state index in [1.54, 1.807) is 14.2 Å². The summed E-state index contributed by atoms with van der Waals surface area (Å²) in [4.78, 5) is 4.78. The van der Waals surface area contributed by atoms with E-state index in [0.29, 0.717) is 6.61 Å². The van der Waals surface area contributed by atoms with E-state index in [2.05, 4.69) is 0 Å². The number of aliphatic imine (C=N–C) groups is 1. The summed E-state index contributed by atoms with van der Waals surface area (Å²) in [6, 6.07) is 10.0. The molecule has 0 spiro atoms. The maximum Gasteiger partial charge on any atom is 0.108 e. The molecule has 1 saturated carbocycles. The van der Waals surface area contributed by atoms with Crippen LogP contribution in [-0.4, -0.2) is 32.1 Å². The molecule has 1 aromatic rings. The van der Waals surface area contributed by atoms with Crippen molar-refractivity contribution in [3.63, 3.8) is 0 Å². The van der Waals surface area contributed by atoms with Crippen LogP contribution in [0.2, 0.25) is 0 Å². The van der Waals surface area contributed by atoms with E-state index < -0.39 is 0 Å². The van der Waals surface area contributed by atoms with Crippen molar-refractivity contribution in [2.24, 2.45) is 4.99 Å². The molecule has 1 aliphatic carbocycles. The molecule has 0 saturated heterocycles. The van der Waals surface area contributed by atoms with Gasteiger partial charge in [-0.05, 0) is 25.0 Å². The molecule has 2 rings (SSSR count). The number of methoxy groups -OCH3 is 2. The van der Waals surface area contributed by atoms with Crippen LogP contribution in [-0.2, 0) is 9.47 Å². The highest BCUT2D eigenvalue weighted by Crippen LogP contribution is 2.33. The van der Waals surface area contributed by atoms with Gasteiger partial charge in [0.05, 0.1) is 18.0 Å². The van der Waals surface area contributed by atoms with Crippen LogP contribution in [0, 0.1) is 0 Å². The largest absolute Gasteiger partial charge is 0.379 e. The molecule has 0 atom stereocenters. The first-order valence-electron chi connectivity index (χ1n) is 6.98. The Balaban J connectivity index is 2.30. The van der Waals surface area contributed by atoms with Gasteiger partial charge in [0.1, 0.15) is 5.60 Å². The minimum Gasteiger partial charge on any atom is -0.379 e. The summed E-state index contributed by atoms with van der Waals surface area (Å²) in [6.45, 7) is 0.530. The maximum atomic E-state index is 5.85. The predicted octanol–water partition coefficient (Wildman–Crippen LogP) is 3.75. The summed E-state index contributed by atoms with van der Waals surface area (Å²) >= 11 is 0. The number of benzene rings is 1. The maximum absolute atomic E-state index is 5.85. The second-order valence-corrected chi connectivity index (χ2v) is 5.09. The smallest absolute Gasteiger partial charge is 0.108 e. The number of ether oxygens (including phenoxy) is 2. The van der Waals surface area contributed by atoms with Crippen LogP contribution in [0.3, 0.4) is 0 Å². The van der Waals surface area contributed by atoms with Crippen LogP contribution >= 0.6 is 0 Å². The van der Waals surface area contributed by atoms with E-state index >= 15 is 0 Å². The number of hydrogen-bond donors (Lipinski definition) is 0. The highest BCUT2D eigenvalue weighted by molar-refractivity contribution is 5.95. The van der Waals surface area contributed by atoms with Crippen LogP contribution < -0.4 is 0 Å². The molecule has 19 heavy (non-hydrogen) atoms. The Hall–Kier alpha value is -1.19. The molecule has 1 aliphatic rings. The molecule has 0 heterocycles. The molecule has 1 aromatic carbocycles. The average molecular weight is 261 g/mol. The molecular formula is C16H23NO2. The normalized spacial score (nSPS) is 19.4. The third-order valence-electron chi connectivity index (χ3n) is 3.88. The van der Waals surface area contributed by atoms with E-state index in [4.69, 9.17) is 14.5 Å². The quantitative estimate of drug-likeness (QED) is 0.756. The van der Waals surface area contributed by atoms with Crippen molar-refractivity contribution < 1.29 is 9.47 Å². The van der Waals surface area contributed by atoms with Gasteiger partial charge < -0.3 is 9.47 Å². The van der Waals surface area contributed by atoms with Gasteiger partial charge >= 0.3 is 0 Å². The number of rotatable bonds is 5. The Kier molecular flexibility index (Phi) is 5.11. The van der Waals surface area contributed by atoms with E-state index in [0.717, 1.165) is 24.2 Å². The Morgan fingerprint density at radius 1 is 1.11 bits per heavy atom. The number of hydrogen-bond acceptors (Lipinski definition) is 3. The standard InChI is InChI=1S/C16H23NO2/c1-18-13-15(17-14-9-5-3-6-10-14)16(19-2)11-7-4-8-12-16/h3,5-6,9-10H,4,7-8,11-13H2,1-2H3. The Morgan fingerprint density at radius 3 is 2.37 bits per heavy atom. The van der Waals surface area contributed by atoms with E-state index in [9.17, 15) is 0 Å². The highest BCUT2D eigenvalue weighted by Gasteiger charge is 2.37. The molecule has 0 aromatic heterocycles. The van der Waals surface area contributed by atoms with E-state index in [-0.39, 0.29) is 5.60 Å². The fourth-order valence-corrected chi connectivity index (χ4v) is 2.79. The zero-order valence-electron chi connectivity index (χ0n) is 11.9. The van der Waals surface area contributed by atoms with Crippen molar-refractivity contribution in [3.8, 4) is 0 Å². The first kappa shape index (κ1) is 14.2. The third kappa shape index (κ3) is 3.43. The van der Waals surface area contributed by atoms with Gasteiger partial charge in [-0.1, -0.05) is 37.5 Å². The molecule has 104 valence electrons. The summed E-state index contributed by atoms with van der Waals surface area (Å²) in [7, 11) is 3.51. The van der Waals surface area contributed by atoms with Crippen LogP contribution in [0.15, 0.2) is 35.3 Å². The molecule has 0 bridgehead atoms. The minimum atomic E-state index is -0.232. The second-order valence-electron chi connectivity index (χ2n) is 5.09. The lowest BCUT2D eigenvalue weighted by Crippen LogP contribution is -2.44. The Bertz CT molecular complexity index is 408. The molecule has 3 nitrogen and oxygen atoms in total. The fourth-order valence-electron chi connectivity index (χ4n) is 2.79. The van der Waals surface area contributed by atoms with Gasteiger partial charge in [0, 0.05) is 14.2 Å². The van der Waals surface area contributed by atoms with Crippen molar-refractivity contribution in [3.05, 3.63) is 30.3 Å².